The Morgan fingerprint density at radius 3 is 2.62 bits per heavy atom. The molecular formula is C36H33N5O8S. The number of benzene rings is 3. The van der Waals surface area contributed by atoms with E-state index in [1.807, 2.05) is 24.3 Å². The van der Waals surface area contributed by atoms with Gasteiger partial charge in [-0.3, -0.25) is 24.2 Å². The van der Waals surface area contributed by atoms with E-state index in [1.54, 1.807) is 66.2 Å². The van der Waals surface area contributed by atoms with E-state index in [9.17, 15) is 14.4 Å². The number of carboxylic acids is 1. The first-order chi connectivity index (χ1) is 24.2. The molecule has 0 spiro atoms. The number of likely N-dealkylation sites (tertiary alicyclic amines) is 1. The molecule has 14 heteroatoms. The van der Waals surface area contributed by atoms with Crippen LogP contribution in [0, 0.1) is 0 Å². The standard InChI is InChI=1S/C34H29N5O6S.C2H4O2/c1-43-29-12-26-7-5-22(29)15-36-32(40)18-44-25-4-2-3-20(10-25)23-9-24(14-35-13-23)33(41)38-28-16-39(17-30(28)45-26)34(42)21-6-8-31-27(11-21)37-19-46-31;1-2(3)4/h2-14,19,28,30H,15-18H2,1H3,(H,36,40)(H,38,41);1H3,(H,3,4)/t28-,30-;/m0./s1. The van der Waals surface area contributed by atoms with Gasteiger partial charge in [0.25, 0.3) is 23.7 Å². The molecule has 13 nitrogen and oxygen atoms in total. The number of aliphatic carboxylic acids is 1. The van der Waals surface area contributed by atoms with Crippen LogP contribution in [0.1, 0.15) is 33.2 Å². The molecule has 2 atom stereocenters. The third-order valence-corrected chi connectivity index (χ3v) is 8.82. The number of hydrogen-bond acceptors (Lipinski definition) is 10. The number of methoxy groups -OCH3 is 1. The second kappa shape index (κ2) is 15.0. The smallest absolute Gasteiger partial charge is 0.300 e. The van der Waals surface area contributed by atoms with Crippen LogP contribution in [0.3, 0.4) is 0 Å². The van der Waals surface area contributed by atoms with E-state index in [-0.39, 0.29) is 44.0 Å². The fourth-order valence-corrected chi connectivity index (χ4v) is 6.28. The number of amides is 3. The summed E-state index contributed by atoms with van der Waals surface area (Å²) in [5, 5.41) is 13.4. The Morgan fingerprint density at radius 2 is 1.80 bits per heavy atom. The summed E-state index contributed by atoms with van der Waals surface area (Å²) in [4.78, 5) is 59.3. The summed E-state index contributed by atoms with van der Waals surface area (Å²) in [6.07, 6.45) is 2.59. The maximum absolute atomic E-state index is 13.7. The molecule has 5 aromatic rings. The Labute approximate surface area is 290 Å². The highest BCUT2D eigenvalue weighted by atomic mass is 32.1. The molecule has 6 bridgehead atoms. The van der Waals surface area contributed by atoms with Gasteiger partial charge < -0.3 is 34.9 Å². The fraction of sp³-hybridized carbons (Fsp3) is 0.222. The molecule has 0 aliphatic carbocycles. The van der Waals surface area contributed by atoms with Crippen molar-refractivity contribution in [2.75, 3.05) is 26.8 Å². The van der Waals surface area contributed by atoms with Crippen molar-refractivity contribution in [1.82, 2.24) is 25.5 Å². The van der Waals surface area contributed by atoms with E-state index in [0.29, 0.717) is 33.9 Å². The third kappa shape index (κ3) is 7.98. The molecule has 3 N–H and O–H groups in total. The van der Waals surface area contributed by atoms with E-state index < -0.39 is 18.1 Å². The predicted molar refractivity (Wildman–Crippen MR) is 185 cm³/mol. The maximum atomic E-state index is 13.7. The number of fused-ring (bicyclic) bond motifs is 8. The fourth-order valence-electron chi connectivity index (χ4n) is 5.62. The molecule has 1 fully saturated rings. The summed E-state index contributed by atoms with van der Waals surface area (Å²) in [5.41, 5.74) is 5.59. The number of carbonyl (C=O) groups is 4. The monoisotopic (exact) mass is 695 g/mol. The lowest BCUT2D eigenvalue weighted by molar-refractivity contribution is -0.134. The predicted octanol–water partition coefficient (Wildman–Crippen LogP) is 4.17. The van der Waals surface area contributed by atoms with Gasteiger partial charge in [0.15, 0.2) is 6.61 Å². The van der Waals surface area contributed by atoms with Crippen LogP contribution in [0.5, 0.6) is 17.2 Å². The van der Waals surface area contributed by atoms with Crippen molar-refractivity contribution in [3.05, 3.63) is 101 Å². The molecule has 256 valence electrons. The Bertz CT molecular complexity index is 2060. The first kappa shape index (κ1) is 33.9. The number of carboxylic acid groups (broad SMARTS) is 1. The molecule has 1 saturated heterocycles. The van der Waals surface area contributed by atoms with E-state index in [1.165, 1.54) is 17.5 Å². The third-order valence-electron chi connectivity index (χ3n) is 8.01. The van der Waals surface area contributed by atoms with Gasteiger partial charge in [-0.25, -0.2) is 4.98 Å². The topological polar surface area (TPSA) is 169 Å². The van der Waals surface area contributed by atoms with Gasteiger partial charge in [0, 0.05) is 55.2 Å². The SMILES string of the molecule is CC(=O)O.COc1cc2ccc1CNC(=O)COc1cccc(c1)-c1cncc(c1)C(=O)N[C@H]1CN(C(=O)c3ccc4scnc4c3)C[C@@H]1O2. The van der Waals surface area contributed by atoms with Crippen molar-refractivity contribution in [3.8, 4) is 28.4 Å². The number of nitrogens with one attached hydrogen (secondary N) is 2. The number of ether oxygens (including phenoxy) is 3. The molecule has 3 aromatic carbocycles. The highest BCUT2D eigenvalue weighted by molar-refractivity contribution is 7.16. The highest BCUT2D eigenvalue weighted by Crippen LogP contribution is 2.29. The molecular weight excluding hydrogens is 662 g/mol. The zero-order valence-corrected chi connectivity index (χ0v) is 27.9. The minimum absolute atomic E-state index is 0.177. The van der Waals surface area contributed by atoms with Crippen molar-refractivity contribution in [1.29, 1.82) is 0 Å². The zero-order valence-electron chi connectivity index (χ0n) is 27.1. The average molecular weight is 696 g/mol. The van der Waals surface area contributed by atoms with Crippen molar-refractivity contribution < 1.29 is 38.5 Å². The molecule has 50 heavy (non-hydrogen) atoms. The van der Waals surface area contributed by atoms with Crippen LogP contribution < -0.4 is 24.8 Å². The summed E-state index contributed by atoms with van der Waals surface area (Å²) in [7, 11) is 1.54. The van der Waals surface area contributed by atoms with Crippen LogP contribution in [-0.2, 0) is 16.1 Å². The van der Waals surface area contributed by atoms with Crippen LogP contribution >= 0.6 is 11.3 Å². The minimum Gasteiger partial charge on any atom is -0.496 e. The summed E-state index contributed by atoms with van der Waals surface area (Å²) >= 11 is 1.51. The average Bonchev–Trinajstić information content (AvgIpc) is 3.76. The summed E-state index contributed by atoms with van der Waals surface area (Å²) < 4.78 is 18.8. The first-order valence-electron chi connectivity index (χ1n) is 15.6. The van der Waals surface area contributed by atoms with Crippen molar-refractivity contribution in [2.45, 2.75) is 25.6 Å². The van der Waals surface area contributed by atoms with Gasteiger partial charge >= 0.3 is 0 Å². The molecule has 0 unspecified atom stereocenters. The Hall–Kier alpha value is -6.02. The quantitative estimate of drug-likeness (QED) is 0.244. The lowest BCUT2D eigenvalue weighted by Crippen LogP contribution is -2.45. The largest absolute Gasteiger partial charge is 0.496 e. The van der Waals surface area contributed by atoms with Gasteiger partial charge in [0.05, 0.1) is 41.0 Å². The van der Waals surface area contributed by atoms with Gasteiger partial charge in [0.2, 0.25) is 0 Å². The van der Waals surface area contributed by atoms with Gasteiger partial charge in [0.1, 0.15) is 23.4 Å². The molecule has 8 rings (SSSR count). The van der Waals surface area contributed by atoms with E-state index in [2.05, 4.69) is 20.6 Å². The van der Waals surface area contributed by atoms with Crippen molar-refractivity contribution in [2.24, 2.45) is 0 Å². The van der Waals surface area contributed by atoms with Crippen molar-refractivity contribution >= 4 is 45.2 Å². The van der Waals surface area contributed by atoms with Crippen LogP contribution in [0.15, 0.2) is 84.6 Å². The molecule has 0 saturated carbocycles. The number of hydrogen-bond donors (Lipinski definition) is 3. The Balaban J connectivity index is 0.00000103. The highest BCUT2D eigenvalue weighted by Gasteiger charge is 2.38. The summed E-state index contributed by atoms with van der Waals surface area (Å²) in [6.45, 7) is 1.60. The summed E-state index contributed by atoms with van der Waals surface area (Å²) in [6, 6.07) is 19.2. The van der Waals surface area contributed by atoms with Gasteiger partial charge in [-0.15, -0.1) is 11.3 Å². The molecule has 3 amide bonds. The lowest BCUT2D eigenvalue weighted by atomic mass is 10.1. The van der Waals surface area contributed by atoms with Gasteiger partial charge in [-0.2, -0.15) is 0 Å². The maximum Gasteiger partial charge on any atom is 0.300 e. The van der Waals surface area contributed by atoms with E-state index in [0.717, 1.165) is 28.3 Å². The number of aromatic nitrogens is 2. The van der Waals surface area contributed by atoms with Crippen LogP contribution in [0.2, 0.25) is 0 Å². The molecule has 2 aromatic heterocycles. The zero-order chi connectivity index (χ0) is 35.2. The molecule has 0 radical (unpaired) electrons. The second-order valence-electron chi connectivity index (χ2n) is 11.5. The minimum atomic E-state index is -0.833. The Kier molecular flexibility index (Phi) is 10.2. The Morgan fingerprint density at radius 1 is 0.980 bits per heavy atom. The molecule has 3 aliphatic heterocycles. The number of nitrogens with zero attached hydrogens (tertiary/aromatic N) is 3. The van der Waals surface area contributed by atoms with Gasteiger partial charge in [-0.05, 0) is 54.1 Å². The van der Waals surface area contributed by atoms with E-state index >= 15 is 0 Å². The second-order valence-corrected chi connectivity index (χ2v) is 12.4. The number of carbonyl (C=O) groups excluding carboxylic acids is 3. The number of thiazole rings is 1. The molecule has 5 heterocycles. The first-order valence-corrected chi connectivity index (χ1v) is 16.5. The van der Waals surface area contributed by atoms with Crippen LogP contribution in [-0.4, -0.2) is 82.6 Å². The van der Waals surface area contributed by atoms with Crippen LogP contribution in [0.4, 0.5) is 0 Å². The number of rotatable bonds is 2. The van der Waals surface area contributed by atoms with Crippen molar-refractivity contribution in [3.63, 3.8) is 0 Å². The lowest BCUT2D eigenvalue weighted by Gasteiger charge is -2.22. The number of pyridine rings is 1. The molecule has 3 aliphatic rings. The summed E-state index contributed by atoms with van der Waals surface area (Å²) in [5.74, 6) is -0.141. The van der Waals surface area contributed by atoms with Crippen LogP contribution in [0.25, 0.3) is 21.3 Å². The normalized spacial score (nSPS) is 17.2. The van der Waals surface area contributed by atoms with E-state index in [4.69, 9.17) is 24.1 Å². The van der Waals surface area contributed by atoms with Gasteiger partial charge in [-0.1, -0.05) is 12.1 Å².